The molecule has 2 aromatic rings. The molecule has 5 nitrogen and oxygen atoms in total. The van der Waals surface area contributed by atoms with Gasteiger partial charge in [0.2, 0.25) is 0 Å². The van der Waals surface area contributed by atoms with Gasteiger partial charge in [0.15, 0.2) is 11.5 Å². The second-order valence-corrected chi connectivity index (χ2v) is 4.25. The van der Waals surface area contributed by atoms with Crippen LogP contribution in [0.4, 0.5) is 19.0 Å². The van der Waals surface area contributed by atoms with E-state index in [4.69, 9.17) is 4.74 Å². The van der Waals surface area contributed by atoms with Crippen molar-refractivity contribution in [2.24, 2.45) is 0 Å². The van der Waals surface area contributed by atoms with Gasteiger partial charge in [-0.2, -0.15) is 18.3 Å². The molecule has 2 rings (SSSR count). The van der Waals surface area contributed by atoms with Crippen LogP contribution in [0.15, 0.2) is 31.1 Å². The molecule has 0 aromatic carbocycles. The molecule has 0 unspecified atom stereocenters. The van der Waals surface area contributed by atoms with Gasteiger partial charge in [-0.1, -0.05) is 6.08 Å². The normalized spacial score (nSPS) is 11.8. The first kappa shape index (κ1) is 15.3. The average molecular weight is 300 g/mol. The maximum atomic E-state index is 12.6. The van der Waals surface area contributed by atoms with Gasteiger partial charge < -0.3 is 10.1 Å². The van der Waals surface area contributed by atoms with Crippen molar-refractivity contribution in [3.05, 3.63) is 36.8 Å². The molecule has 0 bridgehead atoms. The van der Waals surface area contributed by atoms with E-state index >= 15 is 0 Å². The molecular formula is C13H15F3N4O. The molecule has 0 atom stereocenters. The van der Waals surface area contributed by atoms with Gasteiger partial charge in [0.1, 0.15) is 5.52 Å². The smallest absolute Gasteiger partial charge is 0.379 e. The number of hydrogen-bond acceptors (Lipinski definition) is 4. The summed E-state index contributed by atoms with van der Waals surface area (Å²) < 4.78 is 44.4. The monoisotopic (exact) mass is 300 g/mol. The molecule has 2 aromatic heterocycles. The van der Waals surface area contributed by atoms with Crippen LogP contribution >= 0.6 is 0 Å². The molecule has 0 fully saturated rings. The fourth-order valence-electron chi connectivity index (χ4n) is 1.71. The van der Waals surface area contributed by atoms with Crippen LogP contribution in [-0.4, -0.2) is 34.4 Å². The number of nitrogens with zero attached hydrogens (tertiary/aromatic N) is 3. The first-order valence-electron chi connectivity index (χ1n) is 6.36. The third-order valence-electron chi connectivity index (χ3n) is 2.69. The van der Waals surface area contributed by atoms with Crippen LogP contribution in [0.1, 0.15) is 12.1 Å². The van der Waals surface area contributed by atoms with Gasteiger partial charge in [0, 0.05) is 25.0 Å². The Morgan fingerprint density at radius 3 is 2.90 bits per heavy atom. The van der Waals surface area contributed by atoms with Gasteiger partial charge in [-0.15, -0.1) is 6.58 Å². The van der Waals surface area contributed by atoms with Crippen molar-refractivity contribution in [3.63, 3.8) is 0 Å². The number of halogens is 3. The zero-order valence-corrected chi connectivity index (χ0v) is 11.2. The van der Waals surface area contributed by atoms with Gasteiger partial charge in [0.05, 0.1) is 13.2 Å². The molecule has 1 N–H and O–H groups in total. The Morgan fingerprint density at radius 2 is 2.19 bits per heavy atom. The second kappa shape index (κ2) is 6.57. The van der Waals surface area contributed by atoms with Crippen molar-refractivity contribution in [2.75, 3.05) is 25.1 Å². The van der Waals surface area contributed by atoms with E-state index in [1.54, 1.807) is 6.08 Å². The Morgan fingerprint density at radius 1 is 1.38 bits per heavy atom. The van der Waals surface area contributed by atoms with Crippen LogP contribution in [0.25, 0.3) is 5.52 Å². The Hall–Kier alpha value is -2.09. The molecule has 0 aliphatic rings. The second-order valence-electron chi connectivity index (χ2n) is 4.25. The lowest BCUT2D eigenvalue weighted by Crippen LogP contribution is -2.11. The fourth-order valence-corrected chi connectivity index (χ4v) is 1.71. The summed E-state index contributed by atoms with van der Waals surface area (Å²) in [6.45, 7) is 5.01. The molecule has 0 amide bonds. The van der Waals surface area contributed by atoms with E-state index in [0.29, 0.717) is 25.6 Å². The standard InChI is InChI=1S/C13H15F3N4O/c1-2-3-7-21-8-5-18-12-10-9-11(13(14,15)16)19-20(10)6-4-17-12/h2,4,6,9H,1,3,5,7-8H2,(H,17,18). The third-order valence-corrected chi connectivity index (χ3v) is 2.69. The number of alkyl halides is 3. The molecule has 0 radical (unpaired) electrons. The topological polar surface area (TPSA) is 51.5 Å². The Balaban J connectivity index is 2.03. The van der Waals surface area contributed by atoms with Crippen molar-refractivity contribution in [1.82, 2.24) is 14.6 Å². The van der Waals surface area contributed by atoms with Gasteiger partial charge in [-0.05, 0) is 6.42 Å². The third kappa shape index (κ3) is 3.94. The maximum absolute atomic E-state index is 12.6. The summed E-state index contributed by atoms with van der Waals surface area (Å²) in [6.07, 6.45) is 0.792. The van der Waals surface area contributed by atoms with E-state index in [2.05, 4.69) is 22.0 Å². The Bertz CT molecular complexity index is 609. The van der Waals surface area contributed by atoms with E-state index in [-0.39, 0.29) is 5.52 Å². The largest absolute Gasteiger partial charge is 0.435 e. The summed E-state index contributed by atoms with van der Waals surface area (Å²) in [7, 11) is 0. The van der Waals surface area contributed by atoms with Crippen LogP contribution in [-0.2, 0) is 10.9 Å². The highest BCUT2D eigenvalue weighted by Gasteiger charge is 2.34. The highest BCUT2D eigenvalue weighted by atomic mass is 19.4. The average Bonchev–Trinajstić information content (AvgIpc) is 2.87. The molecular weight excluding hydrogens is 285 g/mol. The van der Waals surface area contributed by atoms with Gasteiger partial charge in [-0.3, -0.25) is 0 Å². The number of hydrogen-bond donors (Lipinski definition) is 1. The first-order chi connectivity index (χ1) is 10.0. The molecule has 2 heterocycles. The van der Waals surface area contributed by atoms with E-state index < -0.39 is 11.9 Å². The molecule has 0 saturated heterocycles. The maximum Gasteiger partial charge on any atom is 0.435 e. The number of ether oxygens (including phenoxy) is 1. The molecule has 8 heteroatoms. The minimum atomic E-state index is -4.48. The predicted molar refractivity (Wildman–Crippen MR) is 72.1 cm³/mol. The van der Waals surface area contributed by atoms with Crippen molar-refractivity contribution >= 4 is 11.3 Å². The minimum absolute atomic E-state index is 0.274. The molecule has 0 aliphatic heterocycles. The van der Waals surface area contributed by atoms with Crippen LogP contribution in [0, 0.1) is 0 Å². The van der Waals surface area contributed by atoms with Crippen molar-refractivity contribution in [2.45, 2.75) is 12.6 Å². The highest BCUT2D eigenvalue weighted by Crippen LogP contribution is 2.29. The number of anilines is 1. The van der Waals surface area contributed by atoms with Crippen molar-refractivity contribution in [1.29, 1.82) is 0 Å². The van der Waals surface area contributed by atoms with E-state index in [9.17, 15) is 13.2 Å². The molecule has 21 heavy (non-hydrogen) atoms. The van der Waals surface area contributed by atoms with Gasteiger partial charge in [-0.25, -0.2) is 9.50 Å². The number of aromatic nitrogens is 3. The van der Waals surface area contributed by atoms with Crippen LogP contribution in [0.3, 0.4) is 0 Å². The SMILES string of the molecule is C=CCCOCCNc1nccn2nc(C(F)(F)F)cc12. The first-order valence-corrected chi connectivity index (χ1v) is 6.36. The van der Waals surface area contributed by atoms with Crippen LogP contribution in [0.2, 0.25) is 0 Å². The number of rotatable bonds is 7. The Kier molecular flexibility index (Phi) is 4.79. The zero-order chi connectivity index (χ0) is 15.3. The zero-order valence-electron chi connectivity index (χ0n) is 11.2. The highest BCUT2D eigenvalue weighted by molar-refractivity contribution is 5.67. The van der Waals surface area contributed by atoms with E-state index in [1.807, 2.05) is 0 Å². The Labute approximate surface area is 119 Å². The van der Waals surface area contributed by atoms with Gasteiger partial charge >= 0.3 is 6.18 Å². The lowest BCUT2D eigenvalue weighted by atomic mass is 10.3. The van der Waals surface area contributed by atoms with Gasteiger partial charge in [0.25, 0.3) is 0 Å². The summed E-state index contributed by atoms with van der Waals surface area (Å²) in [4.78, 5) is 4.03. The summed E-state index contributed by atoms with van der Waals surface area (Å²) in [6, 6.07) is 0.966. The predicted octanol–water partition coefficient (Wildman–Crippen LogP) is 2.75. The number of nitrogens with one attached hydrogen (secondary N) is 1. The summed E-state index contributed by atoms with van der Waals surface area (Å²) in [5, 5.41) is 6.42. The quantitative estimate of drug-likeness (QED) is 0.631. The lowest BCUT2D eigenvalue weighted by molar-refractivity contribution is -0.141. The van der Waals surface area contributed by atoms with Crippen LogP contribution in [0.5, 0.6) is 0 Å². The molecule has 0 saturated carbocycles. The van der Waals surface area contributed by atoms with E-state index in [0.717, 1.165) is 17.0 Å². The molecule has 114 valence electrons. The molecule has 0 spiro atoms. The summed E-state index contributed by atoms with van der Waals surface area (Å²) in [5.41, 5.74) is -0.670. The molecule has 0 aliphatic carbocycles. The summed E-state index contributed by atoms with van der Waals surface area (Å²) in [5.74, 6) is 0.341. The fraction of sp³-hybridized carbons (Fsp3) is 0.385. The minimum Gasteiger partial charge on any atom is -0.379 e. The van der Waals surface area contributed by atoms with Crippen LogP contribution < -0.4 is 5.32 Å². The number of fused-ring (bicyclic) bond motifs is 1. The summed E-state index contributed by atoms with van der Waals surface area (Å²) >= 11 is 0. The van der Waals surface area contributed by atoms with Crippen molar-refractivity contribution < 1.29 is 17.9 Å². The lowest BCUT2D eigenvalue weighted by Gasteiger charge is -2.07. The van der Waals surface area contributed by atoms with E-state index in [1.165, 1.54) is 12.4 Å². The van der Waals surface area contributed by atoms with Crippen molar-refractivity contribution in [3.8, 4) is 0 Å².